The minimum absolute atomic E-state index is 0.107. The Kier molecular flexibility index (Phi) is 9.64. The summed E-state index contributed by atoms with van der Waals surface area (Å²) in [6.07, 6.45) is 0.123. The number of carbonyl (C=O) groups excluding carboxylic acids is 3. The summed E-state index contributed by atoms with van der Waals surface area (Å²) in [5.74, 6) is -1.39. The van der Waals surface area contributed by atoms with Crippen LogP contribution in [0.3, 0.4) is 0 Å². The lowest BCUT2D eigenvalue weighted by Gasteiger charge is -2.27. The van der Waals surface area contributed by atoms with E-state index in [9.17, 15) is 24.5 Å². The van der Waals surface area contributed by atoms with Crippen LogP contribution in [0.2, 0.25) is 0 Å². The van der Waals surface area contributed by atoms with Gasteiger partial charge in [-0.1, -0.05) is 49.4 Å². The molecule has 0 radical (unpaired) electrons. The number of hydrogen-bond donors (Lipinski definition) is 2. The van der Waals surface area contributed by atoms with Crippen LogP contribution in [0.25, 0.3) is 0 Å². The van der Waals surface area contributed by atoms with E-state index >= 15 is 0 Å². The fourth-order valence-electron chi connectivity index (χ4n) is 4.62. The van der Waals surface area contributed by atoms with Gasteiger partial charge in [-0.05, 0) is 35.2 Å². The minimum atomic E-state index is -0.951. The normalized spacial score (nSPS) is 16.1. The molecule has 3 aromatic carbocycles. The van der Waals surface area contributed by atoms with Crippen molar-refractivity contribution in [2.75, 3.05) is 33.4 Å². The molecule has 3 amide bonds. The Balaban J connectivity index is 1.74. The highest BCUT2D eigenvalue weighted by molar-refractivity contribution is 5.98. The third-order valence-corrected chi connectivity index (χ3v) is 6.71. The van der Waals surface area contributed by atoms with E-state index in [2.05, 4.69) is 10.6 Å². The van der Waals surface area contributed by atoms with Gasteiger partial charge in [0.15, 0.2) is 0 Å². The van der Waals surface area contributed by atoms with Gasteiger partial charge in [0.05, 0.1) is 18.1 Å². The van der Waals surface area contributed by atoms with Crippen LogP contribution in [-0.2, 0) is 20.7 Å². The largest absolute Gasteiger partial charge is 0.450 e. The molecule has 0 fully saturated rings. The van der Waals surface area contributed by atoms with E-state index in [1.807, 2.05) is 37.3 Å². The molecule has 11 heteroatoms. The van der Waals surface area contributed by atoms with Crippen LogP contribution < -0.4 is 15.4 Å². The number of methoxy groups -OCH3 is 1. The molecule has 0 saturated heterocycles. The molecular formula is C30H32N4O7. The average molecular weight is 561 g/mol. The lowest BCUT2D eigenvalue weighted by Crippen LogP contribution is -2.52. The summed E-state index contributed by atoms with van der Waals surface area (Å²) >= 11 is 0. The fourth-order valence-corrected chi connectivity index (χ4v) is 4.62. The Morgan fingerprint density at radius 2 is 1.93 bits per heavy atom. The molecule has 214 valence electrons. The first-order chi connectivity index (χ1) is 19.7. The molecule has 0 saturated carbocycles. The zero-order valence-corrected chi connectivity index (χ0v) is 22.9. The smallest absolute Gasteiger partial charge is 0.311 e. The van der Waals surface area contributed by atoms with Gasteiger partial charge in [-0.2, -0.15) is 0 Å². The number of nitro benzene ring substituents is 1. The highest BCUT2D eigenvalue weighted by Gasteiger charge is 2.28. The van der Waals surface area contributed by atoms with Gasteiger partial charge >= 0.3 is 5.69 Å². The highest BCUT2D eigenvalue weighted by Crippen LogP contribution is 2.33. The Morgan fingerprint density at radius 3 is 2.66 bits per heavy atom. The van der Waals surface area contributed by atoms with Crippen molar-refractivity contribution in [1.82, 2.24) is 15.5 Å². The number of rotatable bonds is 8. The number of carbonyl (C=O) groups is 3. The number of hydrogen-bond acceptors (Lipinski definition) is 7. The lowest BCUT2D eigenvalue weighted by molar-refractivity contribution is -0.385. The molecule has 1 aliphatic rings. The molecule has 1 heterocycles. The molecular weight excluding hydrogens is 528 g/mol. The number of nitrogens with one attached hydrogen (secondary N) is 2. The van der Waals surface area contributed by atoms with Gasteiger partial charge in [-0.15, -0.1) is 0 Å². The fraction of sp³-hybridized carbons (Fsp3) is 0.300. The van der Waals surface area contributed by atoms with E-state index in [0.29, 0.717) is 12.2 Å². The first-order valence-electron chi connectivity index (χ1n) is 13.2. The van der Waals surface area contributed by atoms with E-state index in [1.165, 1.54) is 30.2 Å². The summed E-state index contributed by atoms with van der Waals surface area (Å²) < 4.78 is 10.9. The van der Waals surface area contributed by atoms with Crippen LogP contribution >= 0.6 is 0 Å². The SMILES string of the molecule is COCCNC(=O)C1Cc2cccc(c2)Oc2cc(ccc2[N+](=O)[O-])C(=O)N(CC(C)c2ccccc2)CC(=O)N1. The van der Waals surface area contributed by atoms with E-state index in [4.69, 9.17) is 9.47 Å². The summed E-state index contributed by atoms with van der Waals surface area (Å²) in [5.41, 5.74) is 1.45. The number of ether oxygens (including phenoxy) is 2. The predicted octanol–water partition coefficient (Wildman–Crippen LogP) is 3.44. The van der Waals surface area contributed by atoms with Gasteiger partial charge in [0.2, 0.25) is 17.6 Å². The second-order valence-corrected chi connectivity index (χ2v) is 9.79. The number of nitro groups is 1. The van der Waals surface area contributed by atoms with Crippen LogP contribution in [0.5, 0.6) is 11.5 Å². The van der Waals surface area contributed by atoms with Crippen molar-refractivity contribution in [1.29, 1.82) is 0 Å². The molecule has 11 nitrogen and oxygen atoms in total. The van der Waals surface area contributed by atoms with Crippen LogP contribution in [-0.4, -0.2) is 66.9 Å². The van der Waals surface area contributed by atoms with Gasteiger partial charge in [0, 0.05) is 44.3 Å². The van der Waals surface area contributed by atoms with Crippen LogP contribution in [0, 0.1) is 10.1 Å². The molecule has 0 aromatic heterocycles. The summed E-state index contributed by atoms with van der Waals surface area (Å²) in [6, 6.07) is 19.2. The number of fused-ring (bicyclic) bond motifs is 4. The maximum atomic E-state index is 13.8. The Morgan fingerprint density at radius 1 is 1.15 bits per heavy atom. The average Bonchev–Trinajstić information content (AvgIpc) is 2.96. The zero-order chi connectivity index (χ0) is 29.4. The molecule has 4 bridgehead atoms. The third-order valence-electron chi connectivity index (χ3n) is 6.71. The summed E-state index contributed by atoms with van der Waals surface area (Å²) in [7, 11) is 1.52. The molecule has 2 atom stereocenters. The van der Waals surface area contributed by atoms with Crippen molar-refractivity contribution in [3.63, 3.8) is 0 Å². The van der Waals surface area contributed by atoms with Gasteiger partial charge in [-0.25, -0.2) is 0 Å². The standard InChI is InChI=1S/C30H32N4O7/c1-20(22-8-4-3-5-9-22)18-33-19-28(35)32-25(29(36)31-13-14-40-2)16-21-7-6-10-24(15-21)41-27-17-23(30(33)37)11-12-26(27)34(38)39/h3-12,15,17,20,25H,13-14,16,18-19H2,1-2H3,(H,31,36)(H,32,35). The van der Waals surface area contributed by atoms with E-state index in [-0.39, 0.29) is 54.7 Å². The molecule has 0 aliphatic carbocycles. The number of nitrogens with zero attached hydrogens (tertiary/aromatic N) is 2. The minimum Gasteiger partial charge on any atom is -0.450 e. The van der Waals surface area contributed by atoms with E-state index in [0.717, 1.165) is 5.56 Å². The summed E-state index contributed by atoms with van der Waals surface area (Å²) in [5, 5.41) is 17.3. The second-order valence-electron chi connectivity index (χ2n) is 9.79. The molecule has 2 N–H and O–H groups in total. The maximum absolute atomic E-state index is 13.8. The molecule has 4 rings (SSSR count). The van der Waals surface area contributed by atoms with Crippen molar-refractivity contribution < 1.29 is 28.8 Å². The quantitative estimate of drug-likeness (QED) is 0.244. The highest BCUT2D eigenvalue weighted by atomic mass is 16.6. The van der Waals surface area contributed by atoms with Gasteiger partial charge < -0.3 is 25.0 Å². The Bertz CT molecular complexity index is 1410. The van der Waals surface area contributed by atoms with E-state index in [1.54, 1.807) is 24.3 Å². The summed E-state index contributed by atoms with van der Waals surface area (Å²) in [6.45, 7) is 2.35. The molecule has 0 spiro atoms. The number of benzene rings is 3. The van der Waals surface area contributed by atoms with Gasteiger partial charge in [-0.3, -0.25) is 24.5 Å². The molecule has 1 aliphatic heterocycles. The third kappa shape index (κ3) is 7.67. The van der Waals surface area contributed by atoms with Crippen molar-refractivity contribution in [3.05, 3.63) is 99.6 Å². The van der Waals surface area contributed by atoms with Crippen molar-refractivity contribution >= 4 is 23.4 Å². The maximum Gasteiger partial charge on any atom is 0.311 e. The van der Waals surface area contributed by atoms with Crippen molar-refractivity contribution in [2.24, 2.45) is 0 Å². The second kappa shape index (κ2) is 13.5. The first-order valence-corrected chi connectivity index (χ1v) is 13.2. The number of amides is 3. The monoisotopic (exact) mass is 560 g/mol. The molecule has 3 aromatic rings. The van der Waals surface area contributed by atoms with Gasteiger partial charge in [0.25, 0.3) is 5.91 Å². The van der Waals surface area contributed by atoms with E-state index < -0.39 is 28.7 Å². The Hall–Kier alpha value is -4.77. The molecule has 2 unspecified atom stereocenters. The lowest BCUT2D eigenvalue weighted by atomic mass is 10.00. The topological polar surface area (TPSA) is 140 Å². The molecule has 41 heavy (non-hydrogen) atoms. The van der Waals surface area contributed by atoms with Crippen molar-refractivity contribution in [2.45, 2.75) is 25.3 Å². The van der Waals surface area contributed by atoms with Crippen molar-refractivity contribution in [3.8, 4) is 11.5 Å². The predicted molar refractivity (Wildman–Crippen MR) is 151 cm³/mol. The van der Waals surface area contributed by atoms with Crippen LogP contribution in [0.4, 0.5) is 5.69 Å². The zero-order valence-electron chi connectivity index (χ0n) is 22.9. The summed E-state index contributed by atoms with van der Waals surface area (Å²) in [4.78, 5) is 52.7. The first kappa shape index (κ1) is 29.2. The van der Waals surface area contributed by atoms with Gasteiger partial charge in [0.1, 0.15) is 11.8 Å². The Labute approximate surface area is 237 Å². The van der Waals surface area contributed by atoms with Crippen LogP contribution in [0.1, 0.15) is 34.3 Å². The van der Waals surface area contributed by atoms with Crippen LogP contribution in [0.15, 0.2) is 72.8 Å².